The second-order valence-electron chi connectivity index (χ2n) is 3.54. The third kappa shape index (κ3) is 4.46. The van der Waals surface area contributed by atoms with E-state index in [0.29, 0.717) is 6.61 Å². The van der Waals surface area contributed by atoms with Gasteiger partial charge in [0.05, 0.1) is 18.8 Å². The van der Waals surface area contributed by atoms with Crippen molar-refractivity contribution in [2.75, 3.05) is 26.9 Å². The average Bonchev–Trinajstić information content (AvgIpc) is 2.33. The molecule has 0 aliphatic heterocycles. The largest absolute Gasteiger partial charge is 0.416 e. The first-order chi connectivity index (χ1) is 8.45. The summed E-state index contributed by atoms with van der Waals surface area (Å²) in [7, 11) is 1.50. The molecule has 6 heteroatoms. The molecular formula is C12H13F3O3. The molecule has 0 bridgehead atoms. The maximum atomic E-state index is 12.3. The fourth-order valence-corrected chi connectivity index (χ4v) is 1.24. The molecule has 18 heavy (non-hydrogen) atoms. The summed E-state index contributed by atoms with van der Waals surface area (Å²) in [4.78, 5) is 11.5. The van der Waals surface area contributed by atoms with Crippen LogP contribution in [-0.4, -0.2) is 32.7 Å². The molecule has 1 rings (SSSR count). The lowest BCUT2D eigenvalue weighted by Crippen LogP contribution is -2.12. The van der Waals surface area contributed by atoms with Crippen LogP contribution in [0.2, 0.25) is 0 Å². The zero-order valence-electron chi connectivity index (χ0n) is 9.79. The Morgan fingerprint density at radius 1 is 1.17 bits per heavy atom. The number of carbonyl (C=O) groups is 1. The molecule has 0 aromatic heterocycles. The van der Waals surface area contributed by atoms with Gasteiger partial charge in [-0.3, -0.25) is 4.79 Å². The summed E-state index contributed by atoms with van der Waals surface area (Å²) in [6.45, 7) is 0.456. The minimum Gasteiger partial charge on any atom is -0.382 e. The predicted molar refractivity (Wildman–Crippen MR) is 58.5 cm³/mol. The van der Waals surface area contributed by atoms with E-state index in [-0.39, 0.29) is 24.6 Å². The second kappa shape index (κ2) is 6.51. The number of hydrogen-bond donors (Lipinski definition) is 0. The van der Waals surface area contributed by atoms with E-state index in [1.807, 2.05) is 0 Å². The van der Waals surface area contributed by atoms with Crippen LogP contribution in [0.25, 0.3) is 0 Å². The van der Waals surface area contributed by atoms with Gasteiger partial charge >= 0.3 is 6.18 Å². The summed E-state index contributed by atoms with van der Waals surface area (Å²) >= 11 is 0. The lowest BCUT2D eigenvalue weighted by molar-refractivity contribution is -0.137. The summed E-state index contributed by atoms with van der Waals surface area (Å²) in [5.74, 6) is -0.361. The van der Waals surface area contributed by atoms with Gasteiger partial charge in [0.15, 0.2) is 5.78 Å². The Kier molecular flexibility index (Phi) is 5.30. The van der Waals surface area contributed by atoms with E-state index in [2.05, 4.69) is 0 Å². The molecule has 0 aliphatic rings. The molecule has 0 aliphatic carbocycles. The number of Topliss-reactive ketones (excluding diaryl/α,β-unsaturated/α-hetero) is 1. The molecule has 0 unspecified atom stereocenters. The van der Waals surface area contributed by atoms with Crippen molar-refractivity contribution in [3.63, 3.8) is 0 Å². The number of alkyl halides is 3. The summed E-state index contributed by atoms with van der Waals surface area (Å²) in [6.07, 6.45) is -4.39. The van der Waals surface area contributed by atoms with E-state index < -0.39 is 11.7 Å². The third-order valence-electron chi connectivity index (χ3n) is 2.20. The minimum atomic E-state index is -4.39. The summed E-state index contributed by atoms with van der Waals surface area (Å²) in [6, 6.07) is 4.04. The van der Waals surface area contributed by atoms with Crippen molar-refractivity contribution in [3.05, 3.63) is 35.4 Å². The van der Waals surface area contributed by atoms with Crippen molar-refractivity contribution in [1.29, 1.82) is 0 Å². The molecule has 0 N–H and O–H groups in total. The molecule has 0 fully saturated rings. The number of ketones is 1. The quantitative estimate of drug-likeness (QED) is 0.584. The molecule has 0 saturated carbocycles. The van der Waals surface area contributed by atoms with Gasteiger partial charge in [-0.05, 0) is 12.1 Å². The number of ether oxygens (including phenoxy) is 2. The first-order valence-electron chi connectivity index (χ1n) is 5.22. The Balaban J connectivity index is 2.54. The monoisotopic (exact) mass is 262 g/mol. The molecule has 1 aromatic rings. The lowest BCUT2D eigenvalue weighted by Gasteiger charge is -2.07. The van der Waals surface area contributed by atoms with Crippen molar-refractivity contribution < 1.29 is 27.4 Å². The highest BCUT2D eigenvalue weighted by atomic mass is 19.4. The maximum absolute atomic E-state index is 12.3. The van der Waals surface area contributed by atoms with Crippen LogP contribution >= 0.6 is 0 Å². The second-order valence-corrected chi connectivity index (χ2v) is 3.54. The van der Waals surface area contributed by atoms with Gasteiger partial charge in [-0.1, -0.05) is 12.1 Å². The van der Waals surface area contributed by atoms with Crippen LogP contribution < -0.4 is 0 Å². The van der Waals surface area contributed by atoms with Crippen LogP contribution in [0.5, 0.6) is 0 Å². The Hall–Kier alpha value is -1.40. The van der Waals surface area contributed by atoms with Gasteiger partial charge in [-0.2, -0.15) is 13.2 Å². The SMILES string of the molecule is COCCOCC(=O)c1ccc(C(F)(F)F)cc1. The molecule has 0 amide bonds. The van der Waals surface area contributed by atoms with Crippen LogP contribution in [-0.2, 0) is 15.7 Å². The Labute approximate surface area is 103 Å². The van der Waals surface area contributed by atoms with E-state index in [0.717, 1.165) is 24.3 Å². The fourth-order valence-electron chi connectivity index (χ4n) is 1.24. The molecule has 0 heterocycles. The van der Waals surface area contributed by atoms with Crippen molar-refractivity contribution in [3.8, 4) is 0 Å². The van der Waals surface area contributed by atoms with Gasteiger partial charge in [0.2, 0.25) is 0 Å². The molecule has 0 spiro atoms. The highest BCUT2D eigenvalue weighted by Gasteiger charge is 2.30. The van der Waals surface area contributed by atoms with Crippen molar-refractivity contribution in [2.45, 2.75) is 6.18 Å². The van der Waals surface area contributed by atoms with E-state index in [1.165, 1.54) is 7.11 Å². The van der Waals surface area contributed by atoms with Crippen molar-refractivity contribution >= 4 is 5.78 Å². The van der Waals surface area contributed by atoms with E-state index in [4.69, 9.17) is 9.47 Å². The summed E-state index contributed by atoms with van der Waals surface area (Å²) < 4.78 is 46.6. The van der Waals surface area contributed by atoms with Crippen LogP contribution in [0, 0.1) is 0 Å². The standard InChI is InChI=1S/C12H13F3O3/c1-17-6-7-18-8-11(16)9-2-4-10(5-3-9)12(13,14)15/h2-5H,6-8H2,1H3. The van der Waals surface area contributed by atoms with Gasteiger partial charge in [0, 0.05) is 12.7 Å². The Morgan fingerprint density at radius 2 is 1.78 bits per heavy atom. The van der Waals surface area contributed by atoms with E-state index in [1.54, 1.807) is 0 Å². The molecular weight excluding hydrogens is 249 g/mol. The number of rotatable bonds is 6. The molecule has 1 aromatic carbocycles. The van der Waals surface area contributed by atoms with Gasteiger partial charge in [-0.25, -0.2) is 0 Å². The number of benzene rings is 1. The van der Waals surface area contributed by atoms with Gasteiger partial charge < -0.3 is 9.47 Å². The minimum absolute atomic E-state index is 0.172. The van der Waals surface area contributed by atoms with Gasteiger partial charge in [-0.15, -0.1) is 0 Å². The van der Waals surface area contributed by atoms with E-state index in [9.17, 15) is 18.0 Å². The zero-order chi connectivity index (χ0) is 13.6. The molecule has 100 valence electrons. The maximum Gasteiger partial charge on any atom is 0.416 e. The number of methoxy groups -OCH3 is 1. The van der Waals surface area contributed by atoms with Gasteiger partial charge in [0.25, 0.3) is 0 Å². The first-order valence-corrected chi connectivity index (χ1v) is 5.22. The van der Waals surface area contributed by atoms with E-state index >= 15 is 0 Å². The highest BCUT2D eigenvalue weighted by Crippen LogP contribution is 2.29. The highest BCUT2D eigenvalue weighted by molar-refractivity contribution is 5.97. The molecule has 3 nitrogen and oxygen atoms in total. The average molecular weight is 262 g/mol. The molecule has 0 saturated heterocycles. The molecule has 0 radical (unpaired) electrons. The predicted octanol–water partition coefficient (Wildman–Crippen LogP) is 2.55. The van der Waals surface area contributed by atoms with Crippen LogP contribution in [0.15, 0.2) is 24.3 Å². The zero-order valence-corrected chi connectivity index (χ0v) is 9.79. The Bertz CT molecular complexity index is 385. The Morgan fingerprint density at radius 3 is 2.28 bits per heavy atom. The number of carbonyl (C=O) groups excluding carboxylic acids is 1. The lowest BCUT2D eigenvalue weighted by atomic mass is 10.1. The van der Waals surface area contributed by atoms with Crippen molar-refractivity contribution in [1.82, 2.24) is 0 Å². The summed E-state index contributed by atoms with van der Waals surface area (Å²) in [5, 5.41) is 0. The number of halogens is 3. The first kappa shape index (κ1) is 14.7. The smallest absolute Gasteiger partial charge is 0.382 e. The molecule has 0 atom stereocenters. The third-order valence-corrected chi connectivity index (χ3v) is 2.20. The van der Waals surface area contributed by atoms with Crippen LogP contribution in [0.3, 0.4) is 0 Å². The number of hydrogen-bond acceptors (Lipinski definition) is 3. The normalized spacial score (nSPS) is 11.6. The summed E-state index contributed by atoms with van der Waals surface area (Å²) in [5.41, 5.74) is -0.584. The van der Waals surface area contributed by atoms with Crippen LogP contribution in [0.4, 0.5) is 13.2 Å². The fraction of sp³-hybridized carbons (Fsp3) is 0.417. The van der Waals surface area contributed by atoms with Gasteiger partial charge in [0.1, 0.15) is 6.61 Å². The van der Waals surface area contributed by atoms with Crippen molar-refractivity contribution in [2.24, 2.45) is 0 Å². The van der Waals surface area contributed by atoms with Crippen LogP contribution in [0.1, 0.15) is 15.9 Å². The topological polar surface area (TPSA) is 35.5 Å².